The fraction of sp³-hybridized carbons (Fsp3) is 0.643. The van der Waals surface area contributed by atoms with Gasteiger partial charge in [0.05, 0.1) is 23.8 Å². The second-order valence-corrected chi connectivity index (χ2v) is 5.71. The standard InChI is InChI=1S/C14H20ClN3O/c15-11-7-10(8-16)9-17-14(11)18-5-6-19-13-4-2-1-3-12(13)18/h7,9,12-13H,1-6,8,16H2. The Labute approximate surface area is 118 Å². The summed E-state index contributed by atoms with van der Waals surface area (Å²) in [6.07, 6.45) is 7.02. The van der Waals surface area contributed by atoms with Crippen LogP contribution >= 0.6 is 11.6 Å². The van der Waals surface area contributed by atoms with Gasteiger partial charge in [0.25, 0.3) is 0 Å². The molecule has 0 spiro atoms. The van der Waals surface area contributed by atoms with Crippen molar-refractivity contribution in [2.75, 3.05) is 18.1 Å². The average molecular weight is 282 g/mol. The molecule has 1 aromatic heterocycles. The highest BCUT2D eigenvalue weighted by Crippen LogP contribution is 2.34. The lowest BCUT2D eigenvalue weighted by Gasteiger charge is -2.44. The maximum Gasteiger partial charge on any atom is 0.147 e. The van der Waals surface area contributed by atoms with E-state index in [4.69, 9.17) is 22.1 Å². The molecule has 0 aromatic carbocycles. The van der Waals surface area contributed by atoms with Crippen LogP contribution in [0, 0.1) is 0 Å². The summed E-state index contributed by atoms with van der Waals surface area (Å²) in [4.78, 5) is 6.85. The number of rotatable bonds is 2. The van der Waals surface area contributed by atoms with Crippen LogP contribution in [0.1, 0.15) is 31.2 Å². The molecule has 1 saturated heterocycles. The van der Waals surface area contributed by atoms with E-state index in [0.717, 1.165) is 31.0 Å². The molecule has 2 atom stereocenters. The molecule has 4 nitrogen and oxygen atoms in total. The number of anilines is 1. The summed E-state index contributed by atoms with van der Waals surface area (Å²) in [6.45, 7) is 2.11. The molecule has 104 valence electrons. The van der Waals surface area contributed by atoms with Gasteiger partial charge in [0.1, 0.15) is 5.82 Å². The number of hydrogen-bond donors (Lipinski definition) is 1. The molecular formula is C14H20ClN3O. The summed E-state index contributed by atoms with van der Waals surface area (Å²) in [7, 11) is 0. The van der Waals surface area contributed by atoms with Gasteiger partial charge in [0.15, 0.2) is 0 Å². The second-order valence-electron chi connectivity index (χ2n) is 5.31. The van der Waals surface area contributed by atoms with Crippen molar-refractivity contribution >= 4 is 17.4 Å². The first-order valence-corrected chi connectivity index (χ1v) is 7.40. The van der Waals surface area contributed by atoms with Crippen LogP contribution in [0.3, 0.4) is 0 Å². The van der Waals surface area contributed by atoms with Crippen molar-refractivity contribution in [3.8, 4) is 0 Å². The minimum atomic E-state index is 0.342. The zero-order chi connectivity index (χ0) is 13.2. The van der Waals surface area contributed by atoms with Crippen molar-refractivity contribution in [1.82, 2.24) is 4.98 Å². The van der Waals surface area contributed by atoms with Gasteiger partial charge in [-0.2, -0.15) is 0 Å². The van der Waals surface area contributed by atoms with E-state index in [1.54, 1.807) is 0 Å². The van der Waals surface area contributed by atoms with Crippen LogP contribution < -0.4 is 10.6 Å². The molecule has 0 amide bonds. The first kappa shape index (κ1) is 13.2. The Hall–Kier alpha value is -0.840. The summed E-state index contributed by atoms with van der Waals surface area (Å²) in [5, 5.41) is 0.703. The van der Waals surface area contributed by atoms with Crippen molar-refractivity contribution in [2.45, 2.75) is 44.4 Å². The molecule has 1 aromatic rings. The van der Waals surface area contributed by atoms with Gasteiger partial charge in [0.2, 0.25) is 0 Å². The Morgan fingerprint density at radius 1 is 1.42 bits per heavy atom. The summed E-state index contributed by atoms with van der Waals surface area (Å²) in [5.74, 6) is 0.888. The van der Waals surface area contributed by atoms with Gasteiger partial charge in [-0.1, -0.05) is 24.4 Å². The van der Waals surface area contributed by atoms with Crippen molar-refractivity contribution in [2.24, 2.45) is 5.73 Å². The molecule has 1 saturated carbocycles. The fourth-order valence-electron chi connectivity index (χ4n) is 3.15. The van der Waals surface area contributed by atoms with Gasteiger partial charge < -0.3 is 15.4 Å². The van der Waals surface area contributed by atoms with Gasteiger partial charge in [0, 0.05) is 19.3 Å². The van der Waals surface area contributed by atoms with Crippen molar-refractivity contribution < 1.29 is 4.74 Å². The Kier molecular flexibility index (Phi) is 3.91. The summed E-state index contributed by atoms with van der Waals surface area (Å²) < 4.78 is 5.89. The predicted molar refractivity (Wildman–Crippen MR) is 76.5 cm³/mol. The summed E-state index contributed by atoms with van der Waals surface area (Å²) in [5.41, 5.74) is 6.60. The lowest BCUT2D eigenvalue weighted by atomic mass is 9.90. The zero-order valence-corrected chi connectivity index (χ0v) is 11.8. The first-order chi connectivity index (χ1) is 9.29. The number of ether oxygens (including phenoxy) is 1. The average Bonchev–Trinajstić information content (AvgIpc) is 2.46. The SMILES string of the molecule is NCc1cnc(N2CCOC3CCCCC32)c(Cl)c1. The van der Waals surface area contributed by atoms with Gasteiger partial charge >= 0.3 is 0 Å². The van der Waals surface area contributed by atoms with Crippen LogP contribution in [-0.4, -0.2) is 30.3 Å². The third-order valence-electron chi connectivity index (χ3n) is 4.12. The van der Waals surface area contributed by atoms with Crippen molar-refractivity contribution in [3.05, 3.63) is 22.8 Å². The molecule has 19 heavy (non-hydrogen) atoms. The number of nitrogens with zero attached hydrogens (tertiary/aromatic N) is 2. The quantitative estimate of drug-likeness (QED) is 0.904. The Balaban J connectivity index is 1.87. The fourth-order valence-corrected chi connectivity index (χ4v) is 3.45. The highest BCUT2D eigenvalue weighted by Gasteiger charge is 2.35. The number of pyridine rings is 1. The van der Waals surface area contributed by atoms with Crippen LogP contribution in [0.2, 0.25) is 5.02 Å². The van der Waals surface area contributed by atoms with Crippen LogP contribution in [0.4, 0.5) is 5.82 Å². The predicted octanol–water partition coefficient (Wildman–Crippen LogP) is 2.34. The minimum absolute atomic E-state index is 0.342. The number of fused-ring (bicyclic) bond motifs is 1. The van der Waals surface area contributed by atoms with Crippen molar-refractivity contribution in [1.29, 1.82) is 0 Å². The monoisotopic (exact) mass is 281 g/mol. The molecule has 0 bridgehead atoms. The van der Waals surface area contributed by atoms with Crippen LogP contribution in [0.5, 0.6) is 0 Å². The molecule has 1 aliphatic heterocycles. The topological polar surface area (TPSA) is 51.4 Å². The van der Waals surface area contributed by atoms with E-state index in [2.05, 4.69) is 9.88 Å². The lowest BCUT2D eigenvalue weighted by Crippen LogP contribution is -2.53. The van der Waals surface area contributed by atoms with E-state index in [0.29, 0.717) is 23.7 Å². The van der Waals surface area contributed by atoms with Gasteiger partial charge in [-0.15, -0.1) is 0 Å². The van der Waals surface area contributed by atoms with Crippen molar-refractivity contribution in [3.63, 3.8) is 0 Å². The summed E-state index contributed by atoms with van der Waals surface area (Å²) >= 11 is 6.37. The normalized spacial score (nSPS) is 27.2. The maximum absolute atomic E-state index is 6.37. The van der Waals surface area contributed by atoms with Crippen LogP contribution in [-0.2, 0) is 11.3 Å². The molecular weight excluding hydrogens is 262 g/mol. The number of nitrogens with two attached hydrogens (primary N) is 1. The smallest absolute Gasteiger partial charge is 0.147 e. The van der Waals surface area contributed by atoms with E-state index < -0.39 is 0 Å². The van der Waals surface area contributed by atoms with E-state index in [1.165, 1.54) is 19.3 Å². The highest BCUT2D eigenvalue weighted by atomic mass is 35.5. The maximum atomic E-state index is 6.37. The largest absolute Gasteiger partial charge is 0.374 e. The molecule has 1 aliphatic carbocycles. The molecule has 2 aliphatic rings. The Morgan fingerprint density at radius 3 is 3.05 bits per heavy atom. The number of aromatic nitrogens is 1. The minimum Gasteiger partial charge on any atom is -0.374 e. The van der Waals surface area contributed by atoms with Crippen LogP contribution in [0.25, 0.3) is 0 Å². The lowest BCUT2D eigenvalue weighted by molar-refractivity contribution is -0.00897. The number of halogens is 1. The molecule has 2 fully saturated rings. The van der Waals surface area contributed by atoms with E-state index >= 15 is 0 Å². The second kappa shape index (κ2) is 5.65. The number of morpholine rings is 1. The summed E-state index contributed by atoms with van der Waals surface area (Å²) in [6, 6.07) is 2.35. The van der Waals surface area contributed by atoms with E-state index in [9.17, 15) is 0 Å². The third-order valence-corrected chi connectivity index (χ3v) is 4.40. The molecule has 2 heterocycles. The van der Waals surface area contributed by atoms with Gasteiger partial charge in [-0.05, 0) is 24.5 Å². The Morgan fingerprint density at radius 2 is 2.26 bits per heavy atom. The molecule has 2 N–H and O–H groups in total. The molecule has 3 rings (SSSR count). The first-order valence-electron chi connectivity index (χ1n) is 7.02. The molecule has 5 heteroatoms. The van der Waals surface area contributed by atoms with Gasteiger partial charge in [-0.25, -0.2) is 4.98 Å². The number of hydrogen-bond acceptors (Lipinski definition) is 4. The van der Waals surface area contributed by atoms with Gasteiger partial charge in [-0.3, -0.25) is 0 Å². The van der Waals surface area contributed by atoms with E-state index in [1.807, 2.05) is 12.3 Å². The third kappa shape index (κ3) is 2.57. The van der Waals surface area contributed by atoms with Crippen LogP contribution in [0.15, 0.2) is 12.3 Å². The zero-order valence-electron chi connectivity index (χ0n) is 11.0. The Bertz CT molecular complexity index is 452. The molecule has 2 unspecified atom stereocenters. The highest BCUT2D eigenvalue weighted by molar-refractivity contribution is 6.33. The molecule has 0 radical (unpaired) electrons. The van der Waals surface area contributed by atoms with E-state index in [-0.39, 0.29) is 0 Å².